The first-order valence-electron chi connectivity index (χ1n) is 17.7. The number of rotatable bonds is 6. The molecule has 0 radical (unpaired) electrons. The molecule has 49 heavy (non-hydrogen) atoms. The van der Waals surface area contributed by atoms with E-state index in [0.717, 1.165) is 54.1 Å². The molecule has 2 aliphatic heterocycles. The molecule has 0 aliphatic carbocycles. The van der Waals surface area contributed by atoms with Gasteiger partial charge in [0.1, 0.15) is 17.3 Å². The Labute approximate surface area is 288 Å². The van der Waals surface area contributed by atoms with Crippen molar-refractivity contribution in [2.24, 2.45) is 11.3 Å². The minimum atomic E-state index is -0.869. The van der Waals surface area contributed by atoms with E-state index in [1.807, 2.05) is 26.8 Å². The van der Waals surface area contributed by atoms with E-state index in [4.69, 9.17) is 9.97 Å². The lowest BCUT2D eigenvalue weighted by atomic mass is 9.95. The lowest BCUT2D eigenvalue weighted by molar-refractivity contribution is 0.0939. The highest BCUT2D eigenvalue weighted by Gasteiger charge is 2.29. The fourth-order valence-corrected chi connectivity index (χ4v) is 6.66. The van der Waals surface area contributed by atoms with Crippen LogP contribution in [0.3, 0.4) is 0 Å². The first-order valence-corrected chi connectivity index (χ1v) is 17.7. The number of benzene rings is 2. The Morgan fingerprint density at radius 2 is 1.57 bits per heavy atom. The fourth-order valence-electron chi connectivity index (χ4n) is 6.66. The first kappa shape index (κ1) is 36.1. The fraction of sp³-hybridized carbons (Fsp3) is 0.487. The molecular formula is C39H50F2N6O2. The van der Waals surface area contributed by atoms with Crippen LogP contribution in [0.1, 0.15) is 83.1 Å². The van der Waals surface area contributed by atoms with E-state index >= 15 is 8.78 Å². The highest BCUT2D eigenvalue weighted by Crippen LogP contribution is 2.34. The van der Waals surface area contributed by atoms with Gasteiger partial charge in [0.2, 0.25) is 5.95 Å². The van der Waals surface area contributed by atoms with Crippen LogP contribution in [-0.2, 0) is 0 Å². The molecule has 2 aromatic carbocycles. The van der Waals surface area contributed by atoms with E-state index in [1.54, 1.807) is 18.2 Å². The maximum Gasteiger partial charge on any atom is 0.256 e. The molecule has 8 nitrogen and oxygen atoms in total. The Kier molecular flexibility index (Phi) is 11.2. The van der Waals surface area contributed by atoms with Crippen LogP contribution in [0.25, 0.3) is 28.0 Å². The number of pyridine rings is 1. The molecule has 6 rings (SSSR count). The minimum Gasteiger partial charge on any atom is -0.352 e. The van der Waals surface area contributed by atoms with E-state index in [9.17, 15) is 9.59 Å². The number of hydrogen-bond donors (Lipinski definition) is 1. The number of fused-ring (bicyclic) bond motifs is 1. The van der Waals surface area contributed by atoms with E-state index in [-0.39, 0.29) is 17.0 Å². The molecule has 0 saturated carbocycles. The number of nitrogens with one attached hydrogen (secondary N) is 1. The van der Waals surface area contributed by atoms with Gasteiger partial charge in [-0.1, -0.05) is 53.7 Å². The molecule has 262 valence electrons. The number of para-hydroxylation sites is 1. The Balaban J connectivity index is 0.00000230. The van der Waals surface area contributed by atoms with Crippen LogP contribution in [0, 0.1) is 29.9 Å². The molecule has 1 amide bonds. The second-order valence-electron chi connectivity index (χ2n) is 14.4. The number of carbonyl (C=O) groups is 1. The normalized spacial score (nSPS) is 16.4. The summed E-state index contributed by atoms with van der Waals surface area (Å²) in [5.74, 6) is -0.798. The average molecular weight is 673 g/mol. The summed E-state index contributed by atoms with van der Waals surface area (Å²) in [7, 11) is 0. The predicted molar refractivity (Wildman–Crippen MR) is 194 cm³/mol. The number of likely N-dealkylation sites (tertiary alicyclic amines) is 1. The van der Waals surface area contributed by atoms with Crippen molar-refractivity contribution in [3.05, 3.63) is 81.6 Å². The highest BCUT2D eigenvalue weighted by atomic mass is 19.1. The Bertz CT molecular complexity index is 1830. The molecule has 2 saturated heterocycles. The van der Waals surface area contributed by atoms with Crippen LogP contribution in [0.4, 0.5) is 14.7 Å². The lowest BCUT2D eigenvalue weighted by Gasteiger charge is -2.41. The Morgan fingerprint density at radius 3 is 2.20 bits per heavy atom. The minimum absolute atomic E-state index is 0.0908. The summed E-state index contributed by atoms with van der Waals surface area (Å²) in [6, 6.07) is 12.3. The number of carbonyl (C=O) groups excluding carboxylic acids is 1. The first-order chi connectivity index (χ1) is 23.4. The number of anilines is 1. The van der Waals surface area contributed by atoms with Crippen molar-refractivity contribution in [2.45, 2.75) is 80.2 Å². The van der Waals surface area contributed by atoms with Gasteiger partial charge in [0.05, 0.1) is 5.69 Å². The van der Waals surface area contributed by atoms with E-state index in [1.165, 1.54) is 25.0 Å². The van der Waals surface area contributed by atoms with Crippen molar-refractivity contribution < 1.29 is 13.6 Å². The summed E-state index contributed by atoms with van der Waals surface area (Å²) < 4.78 is 31.5. The number of halogens is 2. The maximum absolute atomic E-state index is 15.2. The quantitative estimate of drug-likeness (QED) is 0.228. The molecular weight excluding hydrogens is 622 g/mol. The number of amides is 1. The lowest BCUT2D eigenvalue weighted by Crippen LogP contribution is -2.48. The summed E-state index contributed by atoms with van der Waals surface area (Å²) >= 11 is 0. The topological polar surface area (TPSA) is 83.4 Å². The molecule has 0 unspecified atom stereocenters. The standard InChI is InChI=1S/C37H44F2N6O2.C2H6/c1-23-13-17-43(18-14-23)26-15-19-44(20-16-26)36-41-32(28-21-25(10-9-24(28)2)35(47)40-22-37(3,4)5)27-11-12-31(46)45(34(27)42-36)33-29(38)7-6-8-30(33)39;1-2/h6-12,21,23,26H,13-20,22H2,1-5H3,(H,40,47);1-2H3. The molecule has 4 heterocycles. The monoisotopic (exact) mass is 672 g/mol. The third kappa shape index (κ3) is 8.01. The van der Waals surface area contributed by atoms with Crippen LogP contribution < -0.4 is 15.8 Å². The summed E-state index contributed by atoms with van der Waals surface area (Å²) in [6.45, 7) is 18.5. The summed E-state index contributed by atoms with van der Waals surface area (Å²) in [6.07, 6.45) is 4.32. The van der Waals surface area contributed by atoms with Gasteiger partial charge in [0.15, 0.2) is 5.65 Å². The summed E-state index contributed by atoms with van der Waals surface area (Å²) in [5, 5.41) is 3.46. The predicted octanol–water partition coefficient (Wildman–Crippen LogP) is 7.54. The van der Waals surface area contributed by atoms with Gasteiger partial charge >= 0.3 is 0 Å². The zero-order chi connectivity index (χ0) is 35.5. The molecule has 0 spiro atoms. The third-order valence-corrected chi connectivity index (χ3v) is 9.52. The molecule has 10 heteroatoms. The summed E-state index contributed by atoms with van der Waals surface area (Å²) in [5.41, 5.74) is 1.42. The molecule has 2 aliphatic rings. The Hall–Kier alpha value is -4.18. The van der Waals surface area contributed by atoms with Gasteiger partial charge in [-0.05, 0) is 92.9 Å². The van der Waals surface area contributed by atoms with Gasteiger partial charge in [0.25, 0.3) is 11.5 Å². The van der Waals surface area contributed by atoms with Crippen LogP contribution in [0.2, 0.25) is 0 Å². The average Bonchev–Trinajstić information content (AvgIpc) is 3.09. The number of aromatic nitrogens is 3. The van der Waals surface area contributed by atoms with Gasteiger partial charge in [0, 0.05) is 48.3 Å². The van der Waals surface area contributed by atoms with Crippen molar-refractivity contribution in [1.82, 2.24) is 24.8 Å². The SMILES string of the molecule is CC.Cc1ccc(C(=O)NCC(C)(C)C)cc1-c1nc(N2CCC(N3CCC(C)CC3)CC2)nc2c1ccc(=O)n2-c1c(F)cccc1F. The number of piperidine rings is 2. The van der Waals surface area contributed by atoms with Crippen LogP contribution in [0.5, 0.6) is 0 Å². The van der Waals surface area contributed by atoms with Crippen molar-refractivity contribution in [1.29, 1.82) is 0 Å². The molecule has 2 fully saturated rings. The number of nitrogens with zero attached hydrogens (tertiary/aromatic N) is 5. The molecule has 0 atom stereocenters. The molecule has 2 aromatic heterocycles. The van der Waals surface area contributed by atoms with Crippen molar-refractivity contribution in [2.75, 3.05) is 37.6 Å². The van der Waals surface area contributed by atoms with Crippen molar-refractivity contribution >= 4 is 22.9 Å². The Morgan fingerprint density at radius 1 is 0.918 bits per heavy atom. The largest absolute Gasteiger partial charge is 0.352 e. The van der Waals surface area contributed by atoms with Gasteiger partial charge in [-0.2, -0.15) is 4.98 Å². The number of hydrogen-bond acceptors (Lipinski definition) is 6. The smallest absolute Gasteiger partial charge is 0.256 e. The van der Waals surface area contributed by atoms with E-state index < -0.39 is 22.9 Å². The van der Waals surface area contributed by atoms with E-state index in [2.05, 4.69) is 42.8 Å². The van der Waals surface area contributed by atoms with Crippen molar-refractivity contribution in [3.8, 4) is 16.9 Å². The van der Waals surface area contributed by atoms with Gasteiger partial charge in [-0.25, -0.2) is 13.8 Å². The molecule has 0 bridgehead atoms. The molecule has 1 N–H and O–H groups in total. The number of aryl methyl sites for hydroxylation is 1. The van der Waals surface area contributed by atoms with Gasteiger partial charge in [-0.3, -0.25) is 14.2 Å². The van der Waals surface area contributed by atoms with Crippen molar-refractivity contribution in [3.63, 3.8) is 0 Å². The third-order valence-electron chi connectivity index (χ3n) is 9.52. The van der Waals surface area contributed by atoms with Crippen LogP contribution in [-0.4, -0.2) is 64.1 Å². The molecule has 4 aromatic rings. The van der Waals surface area contributed by atoms with Gasteiger partial charge < -0.3 is 15.1 Å². The summed E-state index contributed by atoms with van der Waals surface area (Å²) in [4.78, 5) is 41.2. The van der Waals surface area contributed by atoms with Crippen LogP contribution >= 0.6 is 0 Å². The van der Waals surface area contributed by atoms with Crippen LogP contribution in [0.15, 0.2) is 53.3 Å². The second kappa shape index (κ2) is 15.2. The van der Waals surface area contributed by atoms with E-state index in [0.29, 0.717) is 53.8 Å². The zero-order valence-corrected chi connectivity index (χ0v) is 29.9. The zero-order valence-electron chi connectivity index (χ0n) is 29.9. The van der Waals surface area contributed by atoms with Gasteiger partial charge in [-0.15, -0.1) is 0 Å². The maximum atomic E-state index is 15.2. The second-order valence-corrected chi connectivity index (χ2v) is 14.4. The highest BCUT2D eigenvalue weighted by molar-refractivity contribution is 5.98.